The molecule has 0 radical (unpaired) electrons. The zero-order chi connectivity index (χ0) is 17.2. The second kappa shape index (κ2) is 6.20. The number of nitro groups is 1. The molecule has 0 aromatic heterocycles. The highest BCUT2D eigenvalue weighted by molar-refractivity contribution is 5.98. The summed E-state index contributed by atoms with van der Waals surface area (Å²) in [5.74, 6) is -0.323. The van der Waals surface area contributed by atoms with Gasteiger partial charge in [-0.2, -0.15) is 0 Å². The third-order valence-corrected chi connectivity index (χ3v) is 3.21. The fraction of sp³-hybridized carbons (Fsp3) is 0.375. The van der Waals surface area contributed by atoms with Gasteiger partial charge in [0, 0.05) is 6.07 Å². The molecule has 1 heterocycles. The molecule has 1 aromatic rings. The maximum atomic E-state index is 12.0. The number of hydrogen-bond acceptors (Lipinski definition) is 5. The minimum atomic E-state index is -0.703. The van der Waals surface area contributed by atoms with Crippen LogP contribution < -0.4 is 0 Å². The van der Waals surface area contributed by atoms with E-state index in [0.29, 0.717) is 5.56 Å². The first-order valence-electron chi connectivity index (χ1n) is 7.16. The van der Waals surface area contributed by atoms with Crippen LogP contribution in [0.2, 0.25) is 0 Å². The lowest BCUT2D eigenvalue weighted by Gasteiger charge is -2.37. The van der Waals surface area contributed by atoms with E-state index < -0.39 is 22.7 Å². The highest BCUT2D eigenvalue weighted by atomic mass is 16.6. The molecule has 0 N–H and O–H groups in total. The number of nitro benzene ring substituents is 1. The van der Waals surface area contributed by atoms with Crippen LogP contribution in [-0.4, -0.2) is 33.5 Å². The summed E-state index contributed by atoms with van der Waals surface area (Å²) < 4.78 is 5.18. The van der Waals surface area contributed by atoms with Crippen molar-refractivity contribution in [2.45, 2.75) is 38.8 Å². The minimum Gasteiger partial charge on any atom is -0.443 e. The van der Waals surface area contributed by atoms with Crippen molar-refractivity contribution in [2.75, 3.05) is 0 Å². The predicted molar refractivity (Wildman–Crippen MR) is 83.6 cm³/mol. The van der Waals surface area contributed by atoms with Crippen LogP contribution in [0.4, 0.5) is 10.5 Å². The van der Waals surface area contributed by atoms with Crippen LogP contribution in [0.25, 0.3) is 6.08 Å². The van der Waals surface area contributed by atoms with Gasteiger partial charge in [-0.15, -0.1) is 0 Å². The second-order valence-electron chi connectivity index (χ2n) is 6.19. The highest BCUT2D eigenvalue weighted by Crippen LogP contribution is 2.26. The number of ether oxygens (including phenoxy) is 1. The van der Waals surface area contributed by atoms with Crippen molar-refractivity contribution in [1.82, 2.24) is 4.90 Å². The number of imide groups is 1. The molecule has 1 fully saturated rings. The van der Waals surface area contributed by atoms with E-state index in [1.807, 2.05) is 0 Å². The number of nitrogens with zero attached hydrogens (tertiary/aromatic N) is 2. The molecule has 0 bridgehead atoms. The van der Waals surface area contributed by atoms with Crippen LogP contribution in [0.1, 0.15) is 32.8 Å². The van der Waals surface area contributed by atoms with E-state index in [9.17, 15) is 19.7 Å². The molecule has 1 aliphatic heterocycles. The van der Waals surface area contributed by atoms with Crippen LogP contribution in [0, 0.1) is 10.1 Å². The molecule has 23 heavy (non-hydrogen) atoms. The zero-order valence-electron chi connectivity index (χ0n) is 13.2. The molecule has 2 rings (SSSR count). The number of benzene rings is 1. The third-order valence-electron chi connectivity index (χ3n) is 3.21. The SMILES string of the molecule is CC(C)(C)OC(=O)N1C(=O)CC1C=Cc1ccccc1[N+](=O)[O-]. The Morgan fingerprint density at radius 1 is 1.39 bits per heavy atom. The molecule has 0 saturated carbocycles. The molecule has 1 aliphatic rings. The second-order valence-corrected chi connectivity index (χ2v) is 6.19. The summed E-state index contributed by atoms with van der Waals surface area (Å²) >= 11 is 0. The average molecular weight is 318 g/mol. The van der Waals surface area contributed by atoms with Crippen LogP contribution in [0.15, 0.2) is 30.3 Å². The Morgan fingerprint density at radius 3 is 2.61 bits per heavy atom. The van der Waals surface area contributed by atoms with E-state index in [4.69, 9.17) is 4.74 Å². The van der Waals surface area contributed by atoms with Crippen LogP contribution >= 0.6 is 0 Å². The van der Waals surface area contributed by atoms with Gasteiger partial charge in [-0.3, -0.25) is 14.9 Å². The van der Waals surface area contributed by atoms with Crippen molar-refractivity contribution in [3.8, 4) is 0 Å². The topological polar surface area (TPSA) is 89.8 Å². The number of carbonyl (C=O) groups excluding carboxylic acids is 2. The van der Waals surface area contributed by atoms with Gasteiger partial charge in [-0.1, -0.05) is 24.3 Å². The lowest BCUT2D eigenvalue weighted by atomic mass is 10.0. The molecule has 7 heteroatoms. The molecule has 1 aromatic carbocycles. The number of rotatable bonds is 3. The highest BCUT2D eigenvalue weighted by Gasteiger charge is 2.41. The maximum Gasteiger partial charge on any atom is 0.417 e. The van der Waals surface area contributed by atoms with E-state index in [2.05, 4.69) is 0 Å². The summed E-state index contributed by atoms with van der Waals surface area (Å²) in [5, 5.41) is 11.0. The average Bonchev–Trinajstić information content (AvgIpc) is 2.41. The van der Waals surface area contributed by atoms with Crippen LogP contribution in [0.5, 0.6) is 0 Å². The summed E-state index contributed by atoms with van der Waals surface area (Å²) in [5.41, 5.74) is -0.307. The van der Waals surface area contributed by atoms with E-state index in [-0.39, 0.29) is 18.0 Å². The Bertz CT molecular complexity index is 675. The molecule has 1 atom stereocenters. The third kappa shape index (κ3) is 3.94. The van der Waals surface area contributed by atoms with E-state index in [1.165, 1.54) is 6.07 Å². The largest absolute Gasteiger partial charge is 0.443 e. The summed E-state index contributed by atoms with van der Waals surface area (Å²) in [4.78, 5) is 35.1. The number of likely N-dealkylation sites (tertiary alicyclic amines) is 1. The Labute approximate surface area is 133 Å². The van der Waals surface area contributed by atoms with E-state index >= 15 is 0 Å². The molecule has 122 valence electrons. The van der Waals surface area contributed by atoms with E-state index in [1.54, 1.807) is 51.1 Å². The quantitative estimate of drug-likeness (QED) is 0.485. The van der Waals surface area contributed by atoms with Crippen molar-refractivity contribution in [2.24, 2.45) is 0 Å². The Kier molecular flexibility index (Phi) is 4.49. The van der Waals surface area contributed by atoms with Crippen LogP contribution in [0.3, 0.4) is 0 Å². The Hall–Kier alpha value is -2.70. The van der Waals surface area contributed by atoms with Crippen molar-refractivity contribution in [3.05, 3.63) is 46.0 Å². The lowest BCUT2D eigenvalue weighted by molar-refractivity contribution is -0.385. The molecule has 0 spiro atoms. The number of β-lactam (4-membered cyclic amide) rings is 1. The maximum absolute atomic E-state index is 12.0. The van der Waals surface area contributed by atoms with Gasteiger partial charge in [-0.25, -0.2) is 9.69 Å². The first-order chi connectivity index (χ1) is 10.7. The molecule has 1 unspecified atom stereocenters. The van der Waals surface area contributed by atoms with Crippen LogP contribution in [-0.2, 0) is 9.53 Å². The van der Waals surface area contributed by atoms with Gasteiger partial charge < -0.3 is 4.74 Å². The normalized spacial score (nSPS) is 18.0. The standard InChI is InChI=1S/C16H18N2O5/c1-16(2,3)23-15(20)17-12(10-14(17)19)9-8-11-6-4-5-7-13(11)18(21)22/h4-9,12H,10H2,1-3H3. The molecule has 1 saturated heterocycles. The van der Waals surface area contributed by atoms with Gasteiger partial charge in [0.2, 0.25) is 5.91 Å². The van der Waals surface area contributed by atoms with Gasteiger partial charge in [-0.05, 0) is 26.8 Å². The summed E-state index contributed by atoms with van der Waals surface area (Å²) in [7, 11) is 0. The zero-order valence-corrected chi connectivity index (χ0v) is 13.2. The first-order valence-corrected chi connectivity index (χ1v) is 7.16. The van der Waals surface area contributed by atoms with Gasteiger partial charge in [0.25, 0.3) is 5.69 Å². The monoisotopic (exact) mass is 318 g/mol. The van der Waals surface area contributed by atoms with Gasteiger partial charge in [0.15, 0.2) is 0 Å². The molecular formula is C16H18N2O5. The number of hydrogen-bond donors (Lipinski definition) is 0. The Balaban J connectivity index is 2.13. The van der Waals surface area contributed by atoms with Gasteiger partial charge >= 0.3 is 6.09 Å². The molecular weight excluding hydrogens is 300 g/mol. The number of amides is 2. The molecule has 7 nitrogen and oxygen atoms in total. The van der Waals surface area contributed by atoms with Crippen molar-refractivity contribution >= 4 is 23.8 Å². The lowest BCUT2D eigenvalue weighted by Crippen LogP contribution is -2.55. The molecule has 0 aliphatic carbocycles. The van der Waals surface area contributed by atoms with Crippen molar-refractivity contribution in [1.29, 1.82) is 0 Å². The smallest absolute Gasteiger partial charge is 0.417 e. The van der Waals surface area contributed by atoms with Gasteiger partial charge in [0.1, 0.15) is 5.60 Å². The Morgan fingerprint density at radius 2 is 2.04 bits per heavy atom. The number of carbonyl (C=O) groups is 2. The predicted octanol–water partition coefficient (Wildman–Crippen LogP) is 3.14. The molecule has 2 amide bonds. The van der Waals surface area contributed by atoms with Crippen molar-refractivity contribution in [3.63, 3.8) is 0 Å². The van der Waals surface area contributed by atoms with E-state index in [0.717, 1.165) is 4.90 Å². The van der Waals surface area contributed by atoms with Gasteiger partial charge in [0.05, 0.1) is 22.9 Å². The summed E-state index contributed by atoms with van der Waals surface area (Å²) in [6.07, 6.45) is 2.63. The summed E-state index contributed by atoms with van der Waals surface area (Å²) in [6.45, 7) is 5.15. The first kappa shape index (κ1) is 16.7. The summed E-state index contributed by atoms with van der Waals surface area (Å²) in [6, 6.07) is 5.82. The van der Waals surface area contributed by atoms with Crippen molar-refractivity contribution < 1.29 is 19.2 Å². The fourth-order valence-corrected chi connectivity index (χ4v) is 2.15. The fourth-order valence-electron chi connectivity index (χ4n) is 2.15. The number of para-hydroxylation sites is 1. The minimum absolute atomic E-state index is 0.0294.